The van der Waals surface area contributed by atoms with Crippen molar-refractivity contribution in [1.29, 1.82) is 0 Å². The number of aliphatic hydroxyl groups excluding tert-OH is 7. The van der Waals surface area contributed by atoms with Gasteiger partial charge in [0.15, 0.2) is 12.6 Å². The number of ether oxygens (including phenoxy) is 4. The minimum absolute atomic E-state index is 0.0776. The van der Waals surface area contributed by atoms with Crippen molar-refractivity contribution in [2.24, 2.45) is 5.41 Å². The Morgan fingerprint density at radius 2 is 1.51 bits per heavy atom. The minimum Gasteiger partial charge on any atom is -0.389 e. The second-order valence-corrected chi connectivity index (χ2v) is 11.3. The van der Waals surface area contributed by atoms with E-state index in [9.17, 15) is 46.0 Å². The summed E-state index contributed by atoms with van der Waals surface area (Å²) in [6.45, 7) is 5.68. The van der Waals surface area contributed by atoms with Gasteiger partial charge in [0.25, 0.3) is 0 Å². The molecule has 3 rings (SSSR count). The van der Waals surface area contributed by atoms with Crippen molar-refractivity contribution in [1.82, 2.24) is 0 Å². The van der Waals surface area contributed by atoms with Crippen molar-refractivity contribution in [3.63, 3.8) is 0 Å². The van der Waals surface area contributed by atoms with Gasteiger partial charge in [0, 0.05) is 11.8 Å². The molecule has 13 atom stereocenters. The molecule has 0 spiro atoms. The molecule has 216 valence electrons. The highest BCUT2D eigenvalue weighted by atomic mass is 16.7. The number of hydrogen-bond donors (Lipinski definition) is 9. The maximum atomic E-state index is 11.4. The van der Waals surface area contributed by atoms with E-state index in [4.69, 9.17) is 18.9 Å². The average Bonchev–Trinajstić information content (AvgIpc) is 2.80. The second kappa shape index (κ2) is 11.4. The maximum Gasteiger partial charge on any atom is 0.186 e. The summed E-state index contributed by atoms with van der Waals surface area (Å²) in [5, 5.41) is 92.9. The van der Waals surface area contributed by atoms with Crippen molar-refractivity contribution in [3.05, 3.63) is 12.2 Å². The summed E-state index contributed by atoms with van der Waals surface area (Å²) in [5.74, 6) is 0. The van der Waals surface area contributed by atoms with Gasteiger partial charge in [-0.15, -0.1) is 0 Å². The normalized spacial score (nSPS) is 49.8. The quantitative estimate of drug-likeness (QED) is 0.147. The van der Waals surface area contributed by atoms with Crippen LogP contribution in [0, 0.1) is 5.41 Å². The molecule has 2 saturated heterocycles. The average molecular weight is 539 g/mol. The third-order valence-corrected chi connectivity index (χ3v) is 7.71. The first kappa shape index (κ1) is 30.8. The van der Waals surface area contributed by atoms with Crippen LogP contribution in [0.3, 0.4) is 0 Å². The van der Waals surface area contributed by atoms with Crippen LogP contribution in [0.1, 0.15) is 40.5 Å². The Labute approximate surface area is 215 Å². The van der Waals surface area contributed by atoms with Gasteiger partial charge in [0.1, 0.15) is 48.3 Å². The van der Waals surface area contributed by atoms with E-state index < -0.39 is 90.7 Å². The summed E-state index contributed by atoms with van der Waals surface area (Å²) in [6.07, 6.45) is -12.0. The topological polar surface area (TPSA) is 219 Å². The van der Waals surface area contributed by atoms with Gasteiger partial charge in [0.05, 0.1) is 31.0 Å². The van der Waals surface area contributed by atoms with E-state index in [2.05, 4.69) is 0 Å². The summed E-state index contributed by atoms with van der Waals surface area (Å²) in [7, 11) is 0. The van der Waals surface area contributed by atoms with Crippen LogP contribution in [0.4, 0.5) is 0 Å². The molecule has 3 aliphatic rings. The maximum absolute atomic E-state index is 11.4. The third-order valence-electron chi connectivity index (χ3n) is 7.71. The molecule has 13 unspecified atom stereocenters. The Hall–Kier alpha value is -0.780. The lowest BCUT2D eigenvalue weighted by atomic mass is 9.57. The summed E-state index contributed by atoms with van der Waals surface area (Å²) in [5.41, 5.74) is -4.37. The molecule has 0 aromatic rings. The summed E-state index contributed by atoms with van der Waals surface area (Å²) in [6, 6.07) is 0. The van der Waals surface area contributed by atoms with Crippen molar-refractivity contribution in [3.8, 4) is 0 Å². The van der Waals surface area contributed by atoms with E-state index >= 15 is 0 Å². The minimum atomic E-state index is -1.71. The smallest absolute Gasteiger partial charge is 0.186 e. The number of hydrogen-bond acceptors (Lipinski definition) is 13. The summed E-state index contributed by atoms with van der Waals surface area (Å²) in [4.78, 5) is 0. The van der Waals surface area contributed by atoms with Crippen LogP contribution in [-0.2, 0) is 18.9 Å². The Morgan fingerprint density at radius 1 is 0.892 bits per heavy atom. The SMILES string of the molecule is CC(O)C=CC1(O)C(C)(C)CC(OC2OC(COC3OCC(O)C(O)C3O)C(O)C(O)C2O)CC1(C)O. The molecule has 0 aromatic carbocycles. The van der Waals surface area contributed by atoms with Gasteiger partial charge < -0.3 is 64.9 Å². The highest BCUT2D eigenvalue weighted by molar-refractivity contribution is 5.21. The van der Waals surface area contributed by atoms with Crippen LogP contribution in [0.2, 0.25) is 0 Å². The first-order chi connectivity index (χ1) is 17.0. The molecule has 1 saturated carbocycles. The van der Waals surface area contributed by atoms with Crippen molar-refractivity contribution in [2.75, 3.05) is 13.2 Å². The first-order valence-electron chi connectivity index (χ1n) is 12.5. The third kappa shape index (κ3) is 6.19. The van der Waals surface area contributed by atoms with E-state index in [1.54, 1.807) is 13.8 Å². The van der Waals surface area contributed by atoms with Gasteiger partial charge in [-0.3, -0.25) is 0 Å². The standard InChI is InChI=1S/C24H42O13/c1-11(25)5-6-24(33)22(2,3)7-12(8-23(24,4)32)36-21-19(31)17(29)16(28)14(37-21)10-35-20-18(30)15(27)13(26)9-34-20/h5-6,11-21,25-33H,7-10H2,1-4H3. The van der Waals surface area contributed by atoms with Crippen LogP contribution >= 0.6 is 0 Å². The monoisotopic (exact) mass is 538 g/mol. The predicted molar refractivity (Wildman–Crippen MR) is 125 cm³/mol. The molecule has 9 N–H and O–H groups in total. The zero-order chi connectivity index (χ0) is 27.9. The van der Waals surface area contributed by atoms with Gasteiger partial charge in [-0.2, -0.15) is 0 Å². The van der Waals surface area contributed by atoms with Gasteiger partial charge >= 0.3 is 0 Å². The summed E-state index contributed by atoms with van der Waals surface area (Å²) >= 11 is 0. The van der Waals surface area contributed by atoms with Crippen molar-refractivity contribution >= 4 is 0 Å². The Bertz CT molecular complexity index is 769. The molecule has 0 radical (unpaired) electrons. The molecular formula is C24H42O13. The fourth-order valence-corrected chi connectivity index (χ4v) is 5.38. The zero-order valence-corrected chi connectivity index (χ0v) is 21.5. The zero-order valence-electron chi connectivity index (χ0n) is 21.5. The fraction of sp³-hybridized carbons (Fsp3) is 0.917. The lowest BCUT2D eigenvalue weighted by molar-refractivity contribution is -0.337. The van der Waals surface area contributed by atoms with Gasteiger partial charge in [-0.05, 0) is 20.3 Å². The van der Waals surface area contributed by atoms with Gasteiger partial charge in [0.2, 0.25) is 0 Å². The molecule has 2 heterocycles. The highest BCUT2D eigenvalue weighted by Crippen LogP contribution is 2.51. The highest BCUT2D eigenvalue weighted by Gasteiger charge is 2.60. The largest absolute Gasteiger partial charge is 0.389 e. The second-order valence-electron chi connectivity index (χ2n) is 11.3. The lowest BCUT2D eigenvalue weighted by Gasteiger charge is -2.56. The molecule has 37 heavy (non-hydrogen) atoms. The Morgan fingerprint density at radius 3 is 2.11 bits per heavy atom. The van der Waals surface area contributed by atoms with E-state index in [1.807, 2.05) is 0 Å². The van der Waals surface area contributed by atoms with Crippen LogP contribution in [0.15, 0.2) is 12.2 Å². The van der Waals surface area contributed by atoms with Gasteiger partial charge in [-0.25, -0.2) is 0 Å². The van der Waals surface area contributed by atoms with Crippen molar-refractivity contribution < 1.29 is 64.9 Å². The fourth-order valence-electron chi connectivity index (χ4n) is 5.38. The molecule has 3 fully saturated rings. The summed E-state index contributed by atoms with van der Waals surface area (Å²) < 4.78 is 22.2. The van der Waals surface area contributed by atoms with Crippen LogP contribution < -0.4 is 0 Å². The van der Waals surface area contributed by atoms with Gasteiger partial charge in [-0.1, -0.05) is 26.0 Å². The van der Waals surface area contributed by atoms with Crippen molar-refractivity contribution in [2.45, 2.75) is 119 Å². The lowest BCUT2D eigenvalue weighted by Crippen LogP contribution is -2.66. The van der Waals surface area contributed by atoms with Crippen LogP contribution in [0.25, 0.3) is 0 Å². The number of aliphatic hydroxyl groups is 9. The molecule has 2 aliphatic heterocycles. The predicted octanol–water partition coefficient (Wildman–Crippen LogP) is -3.13. The Balaban J connectivity index is 1.68. The molecule has 1 aliphatic carbocycles. The van der Waals surface area contributed by atoms with E-state index in [1.165, 1.54) is 26.0 Å². The molecule has 13 heteroatoms. The van der Waals surface area contributed by atoms with E-state index in [0.29, 0.717) is 0 Å². The Kier molecular flexibility index (Phi) is 9.45. The van der Waals surface area contributed by atoms with Crippen LogP contribution in [0.5, 0.6) is 0 Å². The van der Waals surface area contributed by atoms with E-state index in [-0.39, 0.29) is 19.4 Å². The molecule has 0 bridgehead atoms. The molecule has 0 amide bonds. The molecular weight excluding hydrogens is 496 g/mol. The molecule has 0 aromatic heterocycles. The molecule has 13 nitrogen and oxygen atoms in total. The number of rotatable bonds is 7. The first-order valence-corrected chi connectivity index (χ1v) is 12.5. The van der Waals surface area contributed by atoms with E-state index in [0.717, 1.165) is 0 Å². The van der Waals surface area contributed by atoms with Crippen LogP contribution in [-0.4, -0.2) is 138 Å².